The minimum absolute atomic E-state index is 0.191. The summed E-state index contributed by atoms with van der Waals surface area (Å²) in [6.07, 6.45) is 6.82. The zero-order chi connectivity index (χ0) is 16.4. The number of amides is 1. The Morgan fingerprint density at radius 1 is 1.22 bits per heavy atom. The van der Waals surface area contributed by atoms with E-state index in [2.05, 4.69) is 27.5 Å². The van der Waals surface area contributed by atoms with Crippen LogP contribution in [0.5, 0.6) is 0 Å². The number of aromatic nitrogens is 2. The predicted octanol–water partition coefficient (Wildman–Crippen LogP) is 1.50. The molecule has 7 nitrogen and oxygen atoms in total. The number of nitrogens with two attached hydrogens (primary N) is 1. The quantitative estimate of drug-likeness (QED) is 0.654. The maximum absolute atomic E-state index is 11.6. The monoisotopic (exact) mass is 319 g/mol. The van der Waals surface area contributed by atoms with E-state index in [0.29, 0.717) is 29.3 Å². The first-order chi connectivity index (χ1) is 11.0. The summed E-state index contributed by atoms with van der Waals surface area (Å²) >= 11 is 0. The first kappa shape index (κ1) is 16.0. The Hall–Kier alpha value is -1.89. The molecular formula is C16H25N5O2. The van der Waals surface area contributed by atoms with Gasteiger partial charge in [-0.3, -0.25) is 4.79 Å². The van der Waals surface area contributed by atoms with Crippen LogP contribution in [0.3, 0.4) is 0 Å². The lowest BCUT2D eigenvalue weighted by Gasteiger charge is -2.34. The Bertz CT molecular complexity index is 566. The van der Waals surface area contributed by atoms with Gasteiger partial charge in [0.25, 0.3) is 5.91 Å². The standard InChI is InChI=1S/C16H25N5O2/c1-9-6-11(7-9)19-15-13(14(17)23)8-18-16(21-15)20-10-2-4-12(22)5-3-10/h8-12,22H,2-7H2,1H3,(H2,17,23)(H2,18,19,20,21)/t9-,10-,11-,12-. The zero-order valence-electron chi connectivity index (χ0n) is 13.5. The van der Waals surface area contributed by atoms with Crippen LogP contribution in [0.15, 0.2) is 6.20 Å². The van der Waals surface area contributed by atoms with E-state index in [4.69, 9.17) is 5.73 Å². The van der Waals surface area contributed by atoms with Crippen LogP contribution < -0.4 is 16.4 Å². The molecule has 0 radical (unpaired) electrons. The Balaban J connectivity index is 1.69. The Kier molecular flexibility index (Phi) is 4.66. The SMILES string of the molecule is C[C@H]1C[C@H](Nc2nc(N[C@H]3CC[C@H](O)CC3)ncc2C(N)=O)C1. The molecule has 0 spiro atoms. The van der Waals surface area contributed by atoms with Gasteiger partial charge in [0.05, 0.1) is 11.7 Å². The maximum atomic E-state index is 11.6. The normalized spacial score (nSPS) is 30.3. The summed E-state index contributed by atoms with van der Waals surface area (Å²) < 4.78 is 0. The van der Waals surface area contributed by atoms with Crippen molar-refractivity contribution in [3.63, 3.8) is 0 Å². The molecule has 5 N–H and O–H groups in total. The molecular weight excluding hydrogens is 294 g/mol. The second kappa shape index (κ2) is 6.70. The molecule has 1 amide bonds. The molecule has 2 fully saturated rings. The molecule has 7 heteroatoms. The summed E-state index contributed by atoms with van der Waals surface area (Å²) in [6, 6.07) is 0.602. The number of anilines is 2. The number of carbonyl (C=O) groups is 1. The number of aliphatic hydroxyl groups is 1. The molecule has 0 unspecified atom stereocenters. The van der Waals surface area contributed by atoms with Crippen LogP contribution in [-0.4, -0.2) is 39.2 Å². The van der Waals surface area contributed by atoms with Crippen molar-refractivity contribution in [3.8, 4) is 0 Å². The van der Waals surface area contributed by atoms with Crippen LogP contribution in [0.25, 0.3) is 0 Å². The molecule has 0 saturated heterocycles. The van der Waals surface area contributed by atoms with Crippen molar-refractivity contribution in [2.24, 2.45) is 11.7 Å². The second-order valence-electron chi connectivity index (χ2n) is 6.89. The summed E-state index contributed by atoms with van der Waals surface area (Å²) in [5, 5.41) is 16.2. The van der Waals surface area contributed by atoms with Crippen LogP contribution >= 0.6 is 0 Å². The first-order valence-corrected chi connectivity index (χ1v) is 8.39. The van der Waals surface area contributed by atoms with Crippen molar-refractivity contribution >= 4 is 17.7 Å². The lowest BCUT2D eigenvalue weighted by Crippen LogP contribution is -2.35. The number of hydrogen-bond donors (Lipinski definition) is 4. The van der Waals surface area contributed by atoms with Gasteiger partial charge in [0.1, 0.15) is 5.82 Å². The summed E-state index contributed by atoms with van der Waals surface area (Å²) in [5.41, 5.74) is 5.75. The molecule has 0 atom stereocenters. The van der Waals surface area contributed by atoms with E-state index in [1.165, 1.54) is 6.20 Å². The van der Waals surface area contributed by atoms with E-state index >= 15 is 0 Å². The smallest absolute Gasteiger partial charge is 0.254 e. The number of hydrogen-bond acceptors (Lipinski definition) is 6. The fourth-order valence-corrected chi connectivity index (χ4v) is 3.36. The van der Waals surface area contributed by atoms with Crippen LogP contribution in [-0.2, 0) is 0 Å². The zero-order valence-corrected chi connectivity index (χ0v) is 13.5. The van der Waals surface area contributed by atoms with Gasteiger partial charge in [0.15, 0.2) is 0 Å². The molecule has 0 aliphatic heterocycles. The first-order valence-electron chi connectivity index (χ1n) is 8.39. The number of aliphatic hydroxyl groups excluding tert-OH is 1. The molecule has 3 rings (SSSR count). The summed E-state index contributed by atoms with van der Waals surface area (Å²) in [7, 11) is 0. The van der Waals surface area contributed by atoms with Gasteiger partial charge in [-0.15, -0.1) is 0 Å². The average molecular weight is 319 g/mol. The third-order valence-electron chi connectivity index (χ3n) is 4.80. The fourth-order valence-electron chi connectivity index (χ4n) is 3.36. The molecule has 1 aromatic rings. The van der Waals surface area contributed by atoms with E-state index in [9.17, 15) is 9.90 Å². The molecule has 2 saturated carbocycles. The van der Waals surface area contributed by atoms with E-state index < -0.39 is 5.91 Å². The third-order valence-corrected chi connectivity index (χ3v) is 4.80. The van der Waals surface area contributed by atoms with Crippen molar-refractivity contribution < 1.29 is 9.90 Å². The molecule has 0 aromatic carbocycles. The van der Waals surface area contributed by atoms with Gasteiger partial charge >= 0.3 is 0 Å². The molecule has 2 aliphatic carbocycles. The second-order valence-corrected chi connectivity index (χ2v) is 6.89. The average Bonchev–Trinajstić information content (AvgIpc) is 2.48. The summed E-state index contributed by atoms with van der Waals surface area (Å²) in [4.78, 5) is 20.2. The van der Waals surface area contributed by atoms with Crippen molar-refractivity contribution in [3.05, 3.63) is 11.8 Å². The molecule has 23 heavy (non-hydrogen) atoms. The van der Waals surface area contributed by atoms with Gasteiger partial charge in [0, 0.05) is 18.3 Å². The molecule has 1 heterocycles. The van der Waals surface area contributed by atoms with Crippen LogP contribution in [0.4, 0.5) is 11.8 Å². The minimum Gasteiger partial charge on any atom is -0.393 e. The molecule has 126 valence electrons. The van der Waals surface area contributed by atoms with Gasteiger partial charge in [-0.2, -0.15) is 4.98 Å². The summed E-state index contributed by atoms with van der Waals surface area (Å²) in [6.45, 7) is 2.21. The Morgan fingerprint density at radius 2 is 1.91 bits per heavy atom. The van der Waals surface area contributed by atoms with E-state index in [1.807, 2.05) is 0 Å². The van der Waals surface area contributed by atoms with Crippen LogP contribution in [0, 0.1) is 5.92 Å². The van der Waals surface area contributed by atoms with Crippen LogP contribution in [0.2, 0.25) is 0 Å². The Morgan fingerprint density at radius 3 is 2.52 bits per heavy atom. The fraction of sp³-hybridized carbons (Fsp3) is 0.688. The van der Waals surface area contributed by atoms with Crippen molar-refractivity contribution in [2.45, 2.75) is 63.6 Å². The van der Waals surface area contributed by atoms with E-state index in [0.717, 1.165) is 38.5 Å². The number of carbonyl (C=O) groups excluding carboxylic acids is 1. The number of nitrogens with one attached hydrogen (secondary N) is 2. The van der Waals surface area contributed by atoms with Crippen molar-refractivity contribution in [2.75, 3.05) is 10.6 Å². The minimum atomic E-state index is -0.521. The van der Waals surface area contributed by atoms with Gasteiger partial charge in [-0.1, -0.05) is 6.92 Å². The number of primary amides is 1. The van der Waals surface area contributed by atoms with Crippen molar-refractivity contribution in [1.82, 2.24) is 9.97 Å². The van der Waals surface area contributed by atoms with Crippen LogP contribution in [0.1, 0.15) is 55.8 Å². The predicted molar refractivity (Wildman–Crippen MR) is 88.2 cm³/mol. The maximum Gasteiger partial charge on any atom is 0.254 e. The topological polar surface area (TPSA) is 113 Å². The largest absolute Gasteiger partial charge is 0.393 e. The van der Waals surface area contributed by atoms with Gasteiger partial charge in [-0.25, -0.2) is 4.98 Å². The molecule has 1 aromatic heterocycles. The molecule has 0 bridgehead atoms. The molecule has 2 aliphatic rings. The number of rotatable bonds is 5. The van der Waals surface area contributed by atoms with Crippen molar-refractivity contribution in [1.29, 1.82) is 0 Å². The lowest BCUT2D eigenvalue weighted by atomic mass is 9.82. The third kappa shape index (κ3) is 3.90. The highest BCUT2D eigenvalue weighted by Crippen LogP contribution is 2.30. The summed E-state index contributed by atoms with van der Waals surface area (Å²) in [5.74, 6) is 1.21. The highest BCUT2D eigenvalue weighted by Gasteiger charge is 2.27. The highest BCUT2D eigenvalue weighted by atomic mass is 16.3. The van der Waals surface area contributed by atoms with E-state index in [-0.39, 0.29) is 12.1 Å². The lowest BCUT2D eigenvalue weighted by molar-refractivity contribution is 0.1000. The van der Waals surface area contributed by atoms with Gasteiger partial charge in [0.2, 0.25) is 5.95 Å². The Labute approximate surface area is 136 Å². The highest BCUT2D eigenvalue weighted by molar-refractivity contribution is 5.97. The van der Waals surface area contributed by atoms with Gasteiger partial charge < -0.3 is 21.5 Å². The van der Waals surface area contributed by atoms with E-state index in [1.54, 1.807) is 0 Å². The van der Waals surface area contributed by atoms with Gasteiger partial charge in [-0.05, 0) is 44.4 Å². The number of nitrogens with zero attached hydrogens (tertiary/aromatic N) is 2.